The van der Waals surface area contributed by atoms with Crippen LogP contribution in [0.3, 0.4) is 0 Å². The third kappa shape index (κ3) is 2.66. The van der Waals surface area contributed by atoms with Gasteiger partial charge in [0.25, 0.3) is 5.91 Å². The molecule has 5 nitrogen and oxygen atoms in total. The van der Waals surface area contributed by atoms with Gasteiger partial charge in [0, 0.05) is 24.0 Å². The van der Waals surface area contributed by atoms with Crippen LogP contribution in [0, 0.1) is 12.7 Å². The number of carbonyl (C=O) groups is 1. The van der Waals surface area contributed by atoms with Crippen LogP contribution in [0.1, 0.15) is 21.6 Å². The number of hydrogen-bond acceptors (Lipinski definition) is 3. The van der Waals surface area contributed by atoms with Gasteiger partial charge < -0.3 is 5.32 Å². The summed E-state index contributed by atoms with van der Waals surface area (Å²) in [6, 6.07) is 1.14. The molecule has 2 heterocycles. The van der Waals surface area contributed by atoms with Crippen molar-refractivity contribution in [2.24, 2.45) is 0 Å². The zero-order chi connectivity index (χ0) is 12.3. The van der Waals surface area contributed by atoms with Gasteiger partial charge in [-0.2, -0.15) is 5.10 Å². The second-order valence-electron chi connectivity index (χ2n) is 3.59. The molecule has 2 N–H and O–H groups in total. The summed E-state index contributed by atoms with van der Waals surface area (Å²) in [5.41, 5.74) is 1.98. The van der Waals surface area contributed by atoms with Gasteiger partial charge in [0.2, 0.25) is 0 Å². The van der Waals surface area contributed by atoms with E-state index in [0.717, 1.165) is 23.5 Å². The zero-order valence-electron chi connectivity index (χ0n) is 9.20. The number of amides is 1. The molecular weight excluding hydrogens is 223 g/mol. The first kappa shape index (κ1) is 11.3. The Labute approximate surface area is 97.1 Å². The number of rotatable bonds is 3. The molecule has 6 heteroatoms. The number of nitrogens with one attached hydrogen (secondary N) is 2. The van der Waals surface area contributed by atoms with Crippen LogP contribution in [0.25, 0.3) is 0 Å². The molecule has 0 bridgehead atoms. The standard InChI is InChI=1S/C11H11FN4O/c1-7-9(5-15-16-7)4-14-11(17)8-2-10(12)6-13-3-8/h2-3,5-6H,4H2,1H3,(H,14,17)(H,15,16). The van der Waals surface area contributed by atoms with E-state index >= 15 is 0 Å². The van der Waals surface area contributed by atoms with Gasteiger partial charge in [0.05, 0.1) is 18.0 Å². The number of aromatic nitrogens is 3. The molecule has 2 aromatic rings. The van der Waals surface area contributed by atoms with Gasteiger partial charge in [0.15, 0.2) is 0 Å². The zero-order valence-corrected chi connectivity index (χ0v) is 9.20. The monoisotopic (exact) mass is 234 g/mol. The Morgan fingerprint density at radius 2 is 2.29 bits per heavy atom. The third-order valence-corrected chi connectivity index (χ3v) is 2.34. The molecule has 0 atom stereocenters. The Morgan fingerprint density at radius 3 is 2.94 bits per heavy atom. The molecule has 0 unspecified atom stereocenters. The predicted octanol–water partition coefficient (Wildman–Crippen LogP) is 1.18. The van der Waals surface area contributed by atoms with Crippen molar-refractivity contribution >= 4 is 5.91 Å². The number of halogens is 1. The molecular formula is C11H11FN4O. The summed E-state index contributed by atoms with van der Waals surface area (Å²) in [4.78, 5) is 15.3. The predicted molar refractivity (Wildman–Crippen MR) is 58.7 cm³/mol. The molecule has 0 aromatic carbocycles. The summed E-state index contributed by atoms with van der Waals surface area (Å²) in [5, 5.41) is 9.27. The van der Waals surface area contributed by atoms with Crippen molar-refractivity contribution in [3.63, 3.8) is 0 Å². The molecule has 0 spiro atoms. The van der Waals surface area contributed by atoms with Crippen molar-refractivity contribution in [1.29, 1.82) is 0 Å². The highest BCUT2D eigenvalue weighted by Crippen LogP contribution is 2.04. The van der Waals surface area contributed by atoms with E-state index in [1.165, 1.54) is 6.20 Å². The SMILES string of the molecule is Cc1[nH]ncc1CNC(=O)c1cncc(F)c1. The molecule has 0 radical (unpaired) electrons. The maximum atomic E-state index is 12.8. The molecule has 2 rings (SSSR count). The Morgan fingerprint density at radius 1 is 1.47 bits per heavy atom. The lowest BCUT2D eigenvalue weighted by Gasteiger charge is -2.04. The van der Waals surface area contributed by atoms with Gasteiger partial charge in [-0.3, -0.25) is 14.9 Å². The second kappa shape index (κ2) is 4.73. The number of aromatic amines is 1. The lowest BCUT2D eigenvalue weighted by molar-refractivity contribution is 0.0950. The van der Waals surface area contributed by atoms with Crippen LogP contribution < -0.4 is 5.32 Å². The number of hydrogen-bond donors (Lipinski definition) is 2. The topological polar surface area (TPSA) is 70.7 Å². The lowest BCUT2D eigenvalue weighted by Crippen LogP contribution is -2.23. The minimum atomic E-state index is -0.530. The van der Waals surface area contributed by atoms with Gasteiger partial charge in [-0.15, -0.1) is 0 Å². The highest BCUT2D eigenvalue weighted by molar-refractivity contribution is 5.93. The highest BCUT2D eigenvalue weighted by atomic mass is 19.1. The van der Waals surface area contributed by atoms with E-state index < -0.39 is 5.82 Å². The Hall–Kier alpha value is -2.24. The van der Waals surface area contributed by atoms with Gasteiger partial charge in [-0.1, -0.05) is 0 Å². The average Bonchev–Trinajstić information content (AvgIpc) is 2.72. The lowest BCUT2D eigenvalue weighted by atomic mass is 10.2. The van der Waals surface area contributed by atoms with E-state index in [4.69, 9.17) is 0 Å². The van der Waals surface area contributed by atoms with Crippen LogP contribution in [-0.4, -0.2) is 21.1 Å². The fourth-order valence-electron chi connectivity index (χ4n) is 1.37. The Kier molecular flexibility index (Phi) is 3.13. The quantitative estimate of drug-likeness (QED) is 0.837. The Bertz CT molecular complexity index is 538. The second-order valence-corrected chi connectivity index (χ2v) is 3.59. The minimum Gasteiger partial charge on any atom is -0.348 e. The molecule has 17 heavy (non-hydrogen) atoms. The van der Waals surface area contributed by atoms with E-state index in [2.05, 4.69) is 20.5 Å². The van der Waals surface area contributed by atoms with E-state index in [-0.39, 0.29) is 11.5 Å². The first-order valence-corrected chi connectivity index (χ1v) is 5.04. The molecule has 88 valence electrons. The number of pyridine rings is 1. The highest BCUT2D eigenvalue weighted by Gasteiger charge is 2.08. The van der Waals surface area contributed by atoms with Crippen LogP contribution in [0.5, 0.6) is 0 Å². The first-order chi connectivity index (χ1) is 8.16. The maximum absolute atomic E-state index is 12.8. The van der Waals surface area contributed by atoms with Crippen LogP contribution in [0.4, 0.5) is 4.39 Å². The van der Waals surface area contributed by atoms with Crippen LogP contribution in [0.15, 0.2) is 24.7 Å². The number of carbonyl (C=O) groups excluding carboxylic acids is 1. The summed E-state index contributed by atoms with van der Waals surface area (Å²) >= 11 is 0. The summed E-state index contributed by atoms with van der Waals surface area (Å²) in [5.74, 6) is -0.894. The van der Waals surface area contributed by atoms with Gasteiger partial charge in [-0.05, 0) is 13.0 Å². The van der Waals surface area contributed by atoms with Gasteiger partial charge in [-0.25, -0.2) is 4.39 Å². The summed E-state index contributed by atoms with van der Waals surface area (Å²) in [7, 11) is 0. The van der Waals surface area contributed by atoms with Crippen molar-refractivity contribution in [2.75, 3.05) is 0 Å². The van der Waals surface area contributed by atoms with Crippen LogP contribution in [0.2, 0.25) is 0 Å². The normalized spacial score (nSPS) is 10.2. The van der Waals surface area contributed by atoms with Crippen LogP contribution in [-0.2, 0) is 6.54 Å². The number of nitrogens with zero attached hydrogens (tertiary/aromatic N) is 2. The maximum Gasteiger partial charge on any atom is 0.253 e. The average molecular weight is 234 g/mol. The Balaban J connectivity index is 2.01. The van der Waals surface area contributed by atoms with Crippen molar-refractivity contribution in [1.82, 2.24) is 20.5 Å². The molecule has 1 amide bonds. The number of aryl methyl sites for hydroxylation is 1. The summed E-state index contributed by atoms with van der Waals surface area (Å²) < 4.78 is 12.8. The van der Waals surface area contributed by atoms with E-state index in [1.54, 1.807) is 6.20 Å². The molecule has 0 fully saturated rings. The molecule has 0 aliphatic rings. The van der Waals surface area contributed by atoms with Gasteiger partial charge >= 0.3 is 0 Å². The smallest absolute Gasteiger partial charge is 0.253 e. The minimum absolute atomic E-state index is 0.200. The molecule has 0 aliphatic heterocycles. The third-order valence-electron chi connectivity index (χ3n) is 2.34. The van der Waals surface area contributed by atoms with Crippen molar-refractivity contribution in [3.8, 4) is 0 Å². The fraction of sp³-hybridized carbons (Fsp3) is 0.182. The number of H-pyrrole nitrogens is 1. The molecule has 0 aliphatic carbocycles. The van der Waals surface area contributed by atoms with Gasteiger partial charge in [0.1, 0.15) is 5.82 Å². The largest absolute Gasteiger partial charge is 0.348 e. The van der Waals surface area contributed by atoms with Crippen molar-refractivity contribution in [2.45, 2.75) is 13.5 Å². The van der Waals surface area contributed by atoms with Crippen molar-refractivity contribution in [3.05, 3.63) is 47.3 Å². The summed E-state index contributed by atoms with van der Waals surface area (Å²) in [6.07, 6.45) is 4.01. The fourth-order valence-corrected chi connectivity index (χ4v) is 1.37. The van der Waals surface area contributed by atoms with Crippen molar-refractivity contribution < 1.29 is 9.18 Å². The molecule has 0 saturated carbocycles. The van der Waals surface area contributed by atoms with E-state index in [1.807, 2.05) is 6.92 Å². The first-order valence-electron chi connectivity index (χ1n) is 5.04. The molecule has 0 saturated heterocycles. The molecule has 2 aromatic heterocycles. The summed E-state index contributed by atoms with van der Waals surface area (Å²) in [6.45, 7) is 2.20. The van der Waals surface area contributed by atoms with E-state index in [0.29, 0.717) is 6.54 Å². The van der Waals surface area contributed by atoms with E-state index in [9.17, 15) is 9.18 Å². The van der Waals surface area contributed by atoms with Crippen LogP contribution >= 0.6 is 0 Å².